The van der Waals surface area contributed by atoms with E-state index < -0.39 is 0 Å². The van der Waals surface area contributed by atoms with Crippen molar-refractivity contribution in [2.24, 2.45) is 9.98 Å². The van der Waals surface area contributed by atoms with Crippen LogP contribution in [-0.2, 0) is 0 Å². The predicted molar refractivity (Wildman–Crippen MR) is 198 cm³/mol. The number of aromatic amines is 2. The topological polar surface area (TPSA) is 108 Å². The number of aliphatic imine (C=N–C) groups is 2. The van der Waals surface area contributed by atoms with E-state index in [0.29, 0.717) is 11.6 Å². The fourth-order valence-electron chi connectivity index (χ4n) is 6.15. The van der Waals surface area contributed by atoms with Crippen LogP contribution in [0.3, 0.4) is 0 Å². The van der Waals surface area contributed by atoms with Gasteiger partial charge in [-0.05, 0) is 12.1 Å². The normalized spacial score (nSPS) is 12.2. The van der Waals surface area contributed by atoms with Crippen LogP contribution in [0.25, 0.3) is 45.6 Å². The minimum atomic E-state index is 0.709. The lowest BCUT2D eigenvalue weighted by Gasteiger charge is -2.18. The van der Waals surface area contributed by atoms with Gasteiger partial charge in [-0.3, -0.25) is 0 Å². The molecule has 2 N–H and O–H groups in total. The molecule has 8 aromatic rings. The zero-order valence-corrected chi connectivity index (χ0v) is 26.7. The van der Waals surface area contributed by atoms with Crippen LogP contribution in [0.15, 0.2) is 168 Å². The van der Waals surface area contributed by atoms with Crippen molar-refractivity contribution < 1.29 is 0 Å². The van der Waals surface area contributed by atoms with E-state index in [9.17, 15) is 0 Å². The van der Waals surface area contributed by atoms with Crippen LogP contribution in [0.1, 0.15) is 22.3 Å². The van der Waals surface area contributed by atoms with E-state index in [1.807, 2.05) is 121 Å². The summed E-state index contributed by atoms with van der Waals surface area (Å²) >= 11 is 0. The quantitative estimate of drug-likeness (QED) is 0.188. The minimum Gasteiger partial charge on any atom is -0.321 e. The molecule has 9 rings (SSSR count). The van der Waals surface area contributed by atoms with Crippen molar-refractivity contribution >= 4 is 22.8 Å². The largest absolute Gasteiger partial charge is 0.321 e. The van der Waals surface area contributed by atoms with Crippen LogP contribution in [0.5, 0.6) is 0 Å². The summed E-state index contributed by atoms with van der Waals surface area (Å²) in [5.41, 5.74) is 11.1. The van der Waals surface area contributed by atoms with Crippen molar-refractivity contribution in [3.8, 4) is 45.6 Å². The maximum absolute atomic E-state index is 5.31. The monoisotopic (exact) mass is 644 g/mol. The van der Waals surface area contributed by atoms with Gasteiger partial charge in [-0.25, -0.2) is 9.98 Å². The van der Waals surface area contributed by atoms with E-state index in [2.05, 4.69) is 66.8 Å². The minimum absolute atomic E-state index is 0.709. The van der Waals surface area contributed by atoms with Gasteiger partial charge in [0.25, 0.3) is 0 Å². The molecule has 1 aliphatic heterocycles. The van der Waals surface area contributed by atoms with Crippen LogP contribution in [0.4, 0.5) is 11.4 Å². The van der Waals surface area contributed by atoms with E-state index in [1.165, 1.54) is 0 Å². The summed E-state index contributed by atoms with van der Waals surface area (Å²) in [5.74, 6) is 2.89. The van der Waals surface area contributed by atoms with Crippen molar-refractivity contribution in [1.82, 2.24) is 30.4 Å². The third-order valence-corrected chi connectivity index (χ3v) is 8.71. The van der Waals surface area contributed by atoms with Crippen molar-refractivity contribution in [3.05, 3.63) is 180 Å². The van der Waals surface area contributed by atoms with Crippen molar-refractivity contribution in [3.63, 3.8) is 0 Å². The van der Waals surface area contributed by atoms with Gasteiger partial charge in [-0.15, -0.1) is 20.4 Å². The van der Waals surface area contributed by atoms with E-state index in [1.54, 1.807) is 0 Å². The van der Waals surface area contributed by atoms with Gasteiger partial charge in [0.1, 0.15) is 0 Å². The maximum Gasteiger partial charge on any atom is 0.161 e. The maximum atomic E-state index is 5.31. The van der Waals surface area contributed by atoms with Crippen LogP contribution in [0.2, 0.25) is 0 Å². The second kappa shape index (κ2) is 12.5. The molecule has 236 valence electrons. The Hall–Kier alpha value is -7.06. The molecule has 0 saturated heterocycles. The first kappa shape index (κ1) is 29.1. The summed E-state index contributed by atoms with van der Waals surface area (Å²) in [6, 6.07) is 52.8. The number of fused-ring (bicyclic) bond motifs is 2. The first-order valence-electron chi connectivity index (χ1n) is 16.3. The number of nitrogens with zero attached hydrogens (tertiary/aromatic N) is 6. The van der Waals surface area contributed by atoms with Gasteiger partial charge in [0.2, 0.25) is 0 Å². The Morgan fingerprint density at radius 3 is 0.960 bits per heavy atom. The first-order chi connectivity index (χ1) is 24.8. The van der Waals surface area contributed by atoms with Crippen LogP contribution in [-0.4, -0.2) is 41.8 Å². The molecule has 0 radical (unpaired) electrons. The molecule has 0 amide bonds. The second-order valence-corrected chi connectivity index (χ2v) is 11.9. The van der Waals surface area contributed by atoms with Crippen molar-refractivity contribution in [1.29, 1.82) is 0 Å². The van der Waals surface area contributed by atoms with Crippen molar-refractivity contribution in [2.45, 2.75) is 0 Å². The van der Waals surface area contributed by atoms with E-state index in [-0.39, 0.29) is 0 Å². The molecule has 6 aromatic carbocycles. The summed E-state index contributed by atoms with van der Waals surface area (Å²) in [6.45, 7) is 0. The van der Waals surface area contributed by atoms with Crippen LogP contribution in [0, 0.1) is 0 Å². The standard InChI is InChI=1S/C42H28N8/c1-3-11-29(12-4-1)39-45-41(49-47-39)31-23-19-27(20-24-31)37-33-15-7-9-17-35(33)44-38(34-16-8-10-18-36(34)43-37)28-21-25-32(26-22-28)42-46-40(48-50-42)30-13-5-2-6-14-30/h1-26H,(H,45,47,49)(H,46,48,50). The number of rotatable bonds is 6. The molecule has 8 heteroatoms. The lowest BCUT2D eigenvalue weighted by atomic mass is 9.95. The van der Waals surface area contributed by atoms with Crippen LogP contribution >= 0.6 is 0 Å². The lowest BCUT2D eigenvalue weighted by Crippen LogP contribution is -2.10. The summed E-state index contributed by atoms with van der Waals surface area (Å²) in [6.07, 6.45) is 0. The molecule has 0 atom stereocenters. The molecule has 0 bridgehead atoms. The molecule has 0 fully saturated rings. The third-order valence-electron chi connectivity index (χ3n) is 8.71. The lowest BCUT2D eigenvalue weighted by molar-refractivity contribution is 1.10. The fraction of sp³-hybridized carbons (Fsp3) is 0. The smallest absolute Gasteiger partial charge is 0.161 e. The molecular weight excluding hydrogens is 617 g/mol. The Morgan fingerprint density at radius 2 is 0.580 bits per heavy atom. The number of hydrogen-bond acceptors (Lipinski definition) is 6. The molecule has 0 unspecified atom stereocenters. The highest BCUT2D eigenvalue weighted by atomic mass is 15.2. The van der Waals surface area contributed by atoms with Gasteiger partial charge >= 0.3 is 0 Å². The SMILES string of the molecule is c1ccc(-c2nnc(-c3ccc(C4=Nc5ccccc5C(c5ccc(-c6nnc(-c7ccccc7)[nH]6)cc5)=Nc5ccccc54)cc3)[nH]2)cc1. The van der Waals surface area contributed by atoms with Gasteiger partial charge in [0.05, 0.1) is 22.8 Å². The highest BCUT2D eigenvalue weighted by molar-refractivity contribution is 6.22. The number of para-hydroxylation sites is 2. The van der Waals surface area contributed by atoms with Gasteiger partial charge in [-0.1, -0.05) is 146 Å². The molecular formula is C42H28N8. The van der Waals surface area contributed by atoms with Gasteiger partial charge in [0.15, 0.2) is 23.3 Å². The second-order valence-electron chi connectivity index (χ2n) is 11.9. The molecule has 50 heavy (non-hydrogen) atoms. The average Bonchev–Trinajstić information content (AvgIpc) is 3.89. The molecule has 0 saturated carbocycles. The Kier molecular flexibility index (Phi) is 7.29. The molecule has 0 aliphatic carbocycles. The summed E-state index contributed by atoms with van der Waals surface area (Å²) in [4.78, 5) is 17.3. The Labute approximate surface area is 288 Å². The van der Waals surface area contributed by atoms with Crippen molar-refractivity contribution in [2.75, 3.05) is 0 Å². The number of hydrogen-bond donors (Lipinski definition) is 2. The number of nitrogens with one attached hydrogen (secondary N) is 2. The molecule has 0 spiro atoms. The number of benzene rings is 6. The molecule has 1 aliphatic rings. The highest BCUT2D eigenvalue weighted by Gasteiger charge is 2.20. The zero-order valence-electron chi connectivity index (χ0n) is 26.7. The summed E-state index contributed by atoms with van der Waals surface area (Å²) in [7, 11) is 0. The Bertz CT molecular complexity index is 2330. The van der Waals surface area contributed by atoms with Gasteiger partial charge in [-0.2, -0.15) is 0 Å². The van der Waals surface area contributed by atoms with E-state index in [4.69, 9.17) is 9.98 Å². The summed E-state index contributed by atoms with van der Waals surface area (Å²) in [5, 5.41) is 17.6. The number of aromatic nitrogens is 6. The Balaban J connectivity index is 1.06. The number of H-pyrrole nitrogens is 2. The van der Waals surface area contributed by atoms with E-state index >= 15 is 0 Å². The van der Waals surface area contributed by atoms with E-state index in [0.717, 1.165) is 79.0 Å². The average molecular weight is 645 g/mol. The van der Waals surface area contributed by atoms with Gasteiger partial charge < -0.3 is 9.97 Å². The molecule has 3 heterocycles. The molecule has 8 nitrogen and oxygen atoms in total. The fourth-order valence-corrected chi connectivity index (χ4v) is 6.15. The third kappa shape index (κ3) is 5.50. The van der Waals surface area contributed by atoms with Crippen LogP contribution < -0.4 is 0 Å². The summed E-state index contributed by atoms with van der Waals surface area (Å²) < 4.78 is 0. The Morgan fingerprint density at radius 1 is 0.280 bits per heavy atom. The predicted octanol–water partition coefficient (Wildman–Crippen LogP) is 9.24. The zero-order chi connectivity index (χ0) is 33.3. The van der Waals surface area contributed by atoms with Gasteiger partial charge in [0, 0.05) is 44.5 Å². The molecule has 2 aromatic heterocycles. The first-order valence-corrected chi connectivity index (χ1v) is 16.3. The highest BCUT2D eigenvalue weighted by Crippen LogP contribution is 2.34.